The number of hydrogen-bond acceptors (Lipinski definition) is 6. The van der Waals surface area contributed by atoms with E-state index in [9.17, 15) is 14.4 Å². The highest BCUT2D eigenvalue weighted by molar-refractivity contribution is 5.71. The largest absolute Gasteiger partial charge is 0.462 e. The first-order valence-electron chi connectivity index (χ1n) is 28.3. The fourth-order valence-electron chi connectivity index (χ4n) is 6.74. The molecular weight excluding hydrogens is 901 g/mol. The maximum absolute atomic E-state index is 12.8. The van der Waals surface area contributed by atoms with Gasteiger partial charge in [0, 0.05) is 19.3 Å². The van der Waals surface area contributed by atoms with E-state index < -0.39 is 18.0 Å². The van der Waals surface area contributed by atoms with Crippen LogP contribution in [-0.2, 0) is 28.6 Å². The van der Waals surface area contributed by atoms with Crippen molar-refractivity contribution < 1.29 is 28.6 Å². The van der Waals surface area contributed by atoms with Crippen molar-refractivity contribution in [3.05, 3.63) is 182 Å². The molecule has 1 unspecified atom stereocenters. The Labute approximate surface area is 446 Å². The minimum absolute atomic E-state index is 0.167. The minimum atomic E-state index is -0.881. The molecule has 0 amide bonds. The predicted molar refractivity (Wildman–Crippen MR) is 315 cm³/mol. The molecule has 0 aromatic carbocycles. The number of allylic oxidation sites excluding steroid dienone is 30. The van der Waals surface area contributed by atoms with Crippen LogP contribution < -0.4 is 0 Å². The quantitative estimate of drug-likeness (QED) is 0.0262. The summed E-state index contributed by atoms with van der Waals surface area (Å²) < 4.78 is 16.7. The number of rotatable bonds is 48. The zero-order chi connectivity index (χ0) is 52.9. The van der Waals surface area contributed by atoms with E-state index in [1.807, 2.05) is 24.3 Å². The lowest BCUT2D eigenvalue weighted by atomic mass is 10.1. The second-order valence-corrected chi connectivity index (χ2v) is 17.7. The van der Waals surface area contributed by atoms with Gasteiger partial charge in [-0.3, -0.25) is 14.4 Å². The summed E-state index contributed by atoms with van der Waals surface area (Å²) >= 11 is 0. The van der Waals surface area contributed by atoms with Crippen molar-refractivity contribution >= 4 is 17.9 Å². The molecule has 0 radical (unpaired) electrons. The number of esters is 3. The van der Waals surface area contributed by atoms with Crippen LogP contribution in [0.5, 0.6) is 0 Å². The maximum atomic E-state index is 12.8. The number of ether oxygens (including phenoxy) is 3. The van der Waals surface area contributed by atoms with Gasteiger partial charge in [0.2, 0.25) is 0 Å². The van der Waals surface area contributed by atoms with Gasteiger partial charge in [0.05, 0.1) is 0 Å². The molecule has 6 heteroatoms. The van der Waals surface area contributed by atoms with Crippen LogP contribution in [0.1, 0.15) is 201 Å². The Balaban J connectivity index is 4.73. The summed E-state index contributed by atoms with van der Waals surface area (Å²) in [5.74, 6) is -1.20. The van der Waals surface area contributed by atoms with Gasteiger partial charge in [0.15, 0.2) is 6.10 Å². The van der Waals surface area contributed by atoms with Crippen LogP contribution in [0.15, 0.2) is 182 Å². The van der Waals surface area contributed by atoms with Crippen molar-refractivity contribution in [1.29, 1.82) is 0 Å². The number of carbonyl (C=O) groups excluding carboxylic acids is 3. The molecule has 0 spiro atoms. The van der Waals surface area contributed by atoms with Gasteiger partial charge in [-0.15, -0.1) is 0 Å². The first-order valence-corrected chi connectivity index (χ1v) is 28.3. The fraction of sp³-hybridized carbons (Fsp3) is 0.507. The Kier molecular flexibility index (Phi) is 54.6. The smallest absolute Gasteiger partial charge is 0.306 e. The maximum Gasteiger partial charge on any atom is 0.306 e. The zero-order valence-corrected chi connectivity index (χ0v) is 46.1. The van der Waals surface area contributed by atoms with Gasteiger partial charge in [-0.2, -0.15) is 0 Å². The average molecular weight is 1000 g/mol. The van der Waals surface area contributed by atoms with E-state index in [0.29, 0.717) is 19.3 Å². The molecule has 0 N–H and O–H groups in total. The lowest BCUT2D eigenvalue weighted by Gasteiger charge is -2.18. The second-order valence-electron chi connectivity index (χ2n) is 17.7. The summed E-state index contributed by atoms with van der Waals surface area (Å²) in [5.41, 5.74) is 0. The molecule has 0 aliphatic rings. The highest BCUT2D eigenvalue weighted by Crippen LogP contribution is 2.09. The van der Waals surface area contributed by atoms with E-state index in [-0.39, 0.29) is 38.4 Å². The SMILES string of the molecule is CC/C=C\C/C=C\C/C=C\C/C=C\C/C=C\C/C=C\CCC(=O)OCC(COC(=O)CCC/C=C\C/C=C\C/C=C\CCCCCCCC)OC(=O)CC/C=C\C/C=C\C/C=C\C/C=C\C/C=C\C/C=C\CC. The zero-order valence-electron chi connectivity index (χ0n) is 46.1. The molecule has 0 aliphatic heterocycles. The summed E-state index contributed by atoms with van der Waals surface area (Å²) in [5, 5.41) is 0. The van der Waals surface area contributed by atoms with Crippen LogP contribution in [0.3, 0.4) is 0 Å². The van der Waals surface area contributed by atoms with Crippen LogP contribution in [0.2, 0.25) is 0 Å². The van der Waals surface area contributed by atoms with Gasteiger partial charge in [0.25, 0.3) is 0 Å². The van der Waals surface area contributed by atoms with Crippen LogP contribution in [0, 0.1) is 0 Å². The second kappa shape index (κ2) is 59.1. The molecule has 0 rings (SSSR count). The third kappa shape index (κ3) is 57.3. The first kappa shape index (κ1) is 67.5. The lowest BCUT2D eigenvalue weighted by molar-refractivity contribution is -0.166. The van der Waals surface area contributed by atoms with E-state index in [2.05, 4.69) is 179 Å². The van der Waals surface area contributed by atoms with E-state index in [0.717, 1.165) is 96.3 Å². The number of hydrogen-bond donors (Lipinski definition) is 0. The normalized spacial score (nSPS) is 13.5. The van der Waals surface area contributed by atoms with Crippen molar-refractivity contribution in [3.8, 4) is 0 Å². The molecule has 0 aromatic heterocycles. The highest BCUT2D eigenvalue weighted by atomic mass is 16.6. The molecule has 1 atom stereocenters. The molecular formula is C67H100O6. The van der Waals surface area contributed by atoms with Gasteiger partial charge < -0.3 is 14.2 Å². The van der Waals surface area contributed by atoms with Crippen molar-refractivity contribution in [2.24, 2.45) is 0 Å². The summed E-state index contributed by atoms with van der Waals surface area (Å²) in [7, 11) is 0. The Hall–Kier alpha value is -5.49. The Morgan fingerprint density at radius 3 is 0.918 bits per heavy atom. The van der Waals surface area contributed by atoms with E-state index >= 15 is 0 Å². The molecule has 0 saturated carbocycles. The molecule has 0 saturated heterocycles. The molecule has 404 valence electrons. The molecule has 0 aliphatic carbocycles. The van der Waals surface area contributed by atoms with Crippen LogP contribution >= 0.6 is 0 Å². The molecule has 73 heavy (non-hydrogen) atoms. The van der Waals surface area contributed by atoms with Crippen molar-refractivity contribution in [2.75, 3.05) is 13.2 Å². The van der Waals surface area contributed by atoms with Crippen molar-refractivity contribution in [1.82, 2.24) is 0 Å². The minimum Gasteiger partial charge on any atom is -0.462 e. The molecule has 0 fully saturated rings. The predicted octanol–water partition coefficient (Wildman–Crippen LogP) is 19.3. The Morgan fingerprint density at radius 1 is 0.288 bits per heavy atom. The van der Waals surface area contributed by atoms with Crippen LogP contribution in [-0.4, -0.2) is 37.2 Å². The number of carbonyl (C=O) groups is 3. The summed E-state index contributed by atoms with van der Waals surface area (Å²) in [6.07, 6.45) is 89.1. The summed E-state index contributed by atoms with van der Waals surface area (Å²) in [4.78, 5) is 38.1. The molecule has 0 heterocycles. The van der Waals surface area contributed by atoms with Gasteiger partial charge in [-0.05, 0) is 128 Å². The van der Waals surface area contributed by atoms with Crippen molar-refractivity contribution in [3.63, 3.8) is 0 Å². The van der Waals surface area contributed by atoms with E-state index in [4.69, 9.17) is 14.2 Å². The highest BCUT2D eigenvalue weighted by Gasteiger charge is 2.19. The first-order chi connectivity index (χ1) is 36.0. The average Bonchev–Trinajstić information content (AvgIpc) is 3.39. The number of unbranched alkanes of at least 4 members (excludes halogenated alkanes) is 7. The van der Waals surface area contributed by atoms with E-state index in [1.165, 1.54) is 44.9 Å². The van der Waals surface area contributed by atoms with Crippen molar-refractivity contribution in [2.45, 2.75) is 207 Å². The third-order valence-corrected chi connectivity index (χ3v) is 10.9. The van der Waals surface area contributed by atoms with E-state index in [1.54, 1.807) is 0 Å². The topological polar surface area (TPSA) is 78.9 Å². The lowest BCUT2D eigenvalue weighted by Crippen LogP contribution is -2.30. The van der Waals surface area contributed by atoms with Gasteiger partial charge >= 0.3 is 17.9 Å². The third-order valence-electron chi connectivity index (χ3n) is 10.9. The fourth-order valence-corrected chi connectivity index (χ4v) is 6.74. The summed E-state index contributed by atoms with van der Waals surface area (Å²) in [6.45, 7) is 6.20. The van der Waals surface area contributed by atoms with Gasteiger partial charge in [-0.25, -0.2) is 0 Å². The monoisotopic (exact) mass is 1000 g/mol. The Bertz CT molecular complexity index is 1770. The van der Waals surface area contributed by atoms with Crippen LogP contribution in [0.25, 0.3) is 0 Å². The van der Waals surface area contributed by atoms with Crippen LogP contribution in [0.4, 0.5) is 0 Å². The molecule has 0 aromatic rings. The standard InChI is InChI=1S/C67H100O6/c1-4-7-10-13-16-19-22-25-28-31-33-36-39-42-45-48-51-54-57-60-66(69)72-63-64(62-71-65(68)59-56-53-50-47-44-41-38-35-30-27-24-21-18-15-12-9-6-3)73-67(70)61-58-55-52-49-46-43-40-37-34-32-29-26-23-20-17-14-11-8-5-2/h7-8,10-11,16-17,19-20,25-30,33-34,36-38,41-43,45-47,50-52,54-55,64H,4-6,9,12-15,18,21-24,31-32,35,39-40,44,48-49,53,56-63H2,1-3H3/b10-7-,11-8-,19-16-,20-17-,28-25-,29-26-,30-27-,36-33-,37-34-,41-38-,45-42-,46-43-,50-47-,54-51-,55-52-. The van der Waals surface area contributed by atoms with Gasteiger partial charge in [0.1, 0.15) is 13.2 Å². The Morgan fingerprint density at radius 2 is 0.562 bits per heavy atom. The molecule has 6 nitrogen and oxygen atoms in total. The summed E-state index contributed by atoms with van der Waals surface area (Å²) in [6, 6.07) is 0. The van der Waals surface area contributed by atoms with Gasteiger partial charge in [-0.1, -0.05) is 235 Å². The molecule has 0 bridgehead atoms.